The number of nitrogens with zero attached hydrogens (tertiary/aromatic N) is 3. The molecule has 1 aliphatic carbocycles. The molecule has 4 rings (SSSR count). The number of para-hydroxylation sites is 3. The third kappa shape index (κ3) is 5.04. The standard InChI is InChI=1S/C39H57GeN3/c1-36(2,3)34-35(37(4,5)6)39(34,38(7,8)9)40(28-22-16-19-25-31(28)41(10)11,29-23-17-20-26-32(29)42(12)13)30-24-18-21-27-33(30)43(14)15/h16-27H,1-15H3. The van der Waals surface area contributed by atoms with E-state index >= 15 is 0 Å². The van der Waals surface area contributed by atoms with E-state index in [1.807, 2.05) is 0 Å². The summed E-state index contributed by atoms with van der Waals surface area (Å²) in [4.78, 5) is 7.08. The molecule has 0 spiro atoms. The van der Waals surface area contributed by atoms with E-state index in [-0.39, 0.29) is 20.5 Å². The molecule has 4 heteroatoms. The van der Waals surface area contributed by atoms with Crippen LogP contribution in [0.3, 0.4) is 0 Å². The van der Waals surface area contributed by atoms with Gasteiger partial charge in [0, 0.05) is 0 Å². The van der Waals surface area contributed by atoms with Crippen LogP contribution in [0.2, 0.25) is 4.25 Å². The number of anilines is 3. The molecule has 0 aromatic heterocycles. The predicted molar refractivity (Wildman–Crippen MR) is 195 cm³/mol. The van der Waals surface area contributed by atoms with E-state index in [1.54, 1.807) is 11.1 Å². The normalized spacial score (nSPS) is 15.4. The SMILES string of the molecule is CN(C)c1cccc[c]1[Ge]([c]1ccccc1N(C)C)([c]1ccccc1N(C)C)[C]1(C(C)(C)C)C(C(C)(C)C)=C1C(C)(C)C. The molecule has 0 heterocycles. The predicted octanol–water partition coefficient (Wildman–Crippen LogP) is 7.54. The minimum atomic E-state index is -3.91. The van der Waals surface area contributed by atoms with Crippen LogP contribution in [0.5, 0.6) is 0 Å². The zero-order valence-electron chi connectivity index (χ0n) is 29.8. The molecule has 0 N–H and O–H groups in total. The van der Waals surface area contributed by atoms with Gasteiger partial charge in [0.1, 0.15) is 0 Å². The topological polar surface area (TPSA) is 9.72 Å². The first-order chi connectivity index (χ1) is 19.8. The first-order valence-electron chi connectivity index (χ1n) is 15.8. The van der Waals surface area contributed by atoms with Crippen molar-refractivity contribution in [1.82, 2.24) is 0 Å². The van der Waals surface area contributed by atoms with Gasteiger partial charge in [0.25, 0.3) is 0 Å². The van der Waals surface area contributed by atoms with Crippen LogP contribution in [0.1, 0.15) is 62.3 Å². The summed E-state index contributed by atoms with van der Waals surface area (Å²) in [7, 11) is 13.3. The third-order valence-corrected chi connectivity index (χ3v) is 22.2. The monoisotopic (exact) mass is 641 g/mol. The van der Waals surface area contributed by atoms with Crippen LogP contribution in [0, 0.1) is 16.2 Å². The van der Waals surface area contributed by atoms with Gasteiger partial charge < -0.3 is 0 Å². The van der Waals surface area contributed by atoms with E-state index in [0.29, 0.717) is 0 Å². The molecule has 0 amide bonds. The van der Waals surface area contributed by atoms with Crippen LogP contribution in [-0.2, 0) is 0 Å². The third-order valence-electron chi connectivity index (χ3n) is 9.49. The van der Waals surface area contributed by atoms with Gasteiger partial charge in [0.2, 0.25) is 0 Å². The summed E-state index contributed by atoms with van der Waals surface area (Å²) in [6.07, 6.45) is 0. The molecule has 0 aliphatic heterocycles. The van der Waals surface area contributed by atoms with Crippen molar-refractivity contribution in [3.63, 3.8) is 0 Å². The van der Waals surface area contributed by atoms with Crippen molar-refractivity contribution in [1.29, 1.82) is 0 Å². The summed E-state index contributed by atoms with van der Waals surface area (Å²) in [6, 6.07) is 28.1. The van der Waals surface area contributed by atoms with Crippen molar-refractivity contribution in [2.45, 2.75) is 66.6 Å². The van der Waals surface area contributed by atoms with Crippen molar-refractivity contribution >= 4 is 43.5 Å². The molecule has 0 saturated heterocycles. The van der Waals surface area contributed by atoms with Gasteiger partial charge in [-0.05, 0) is 0 Å². The Labute approximate surface area is 266 Å². The average Bonchev–Trinajstić information content (AvgIpc) is 3.64. The van der Waals surface area contributed by atoms with Crippen LogP contribution in [0.4, 0.5) is 17.1 Å². The Bertz CT molecular complexity index is 1360. The van der Waals surface area contributed by atoms with Gasteiger partial charge >= 0.3 is 267 Å². The molecule has 0 radical (unpaired) electrons. The Balaban J connectivity index is 2.49. The fourth-order valence-corrected chi connectivity index (χ4v) is 25.2. The first-order valence-corrected chi connectivity index (χ1v) is 20.0. The molecule has 0 atom stereocenters. The molecule has 3 aromatic rings. The van der Waals surface area contributed by atoms with E-state index in [9.17, 15) is 0 Å². The van der Waals surface area contributed by atoms with Crippen molar-refractivity contribution in [3.8, 4) is 0 Å². The number of allylic oxidation sites excluding steroid dienone is 2. The molecule has 0 unspecified atom stereocenters. The molecule has 232 valence electrons. The zero-order chi connectivity index (χ0) is 32.3. The van der Waals surface area contributed by atoms with Crippen LogP contribution >= 0.6 is 0 Å². The summed E-state index contributed by atoms with van der Waals surface area (Å²) >= 11 is -3.91. The summed E-state index contributed by atoms with van der Waals surface area (Å²) < 4.78 is 4.49. The van der Waals surface area contributed by atoms with E-state index in [4.69, 9.17) is 0 Å². The molecule has 3 nitrogen and oxygen atoms in total. The number of hydrogen-bond acceptors (Lipinski definition) is 3. The maximum atomic E-state index is 2.53. The zero-order valence-corrected chi connectivity index (χ0v) is 31.9. The Morgan fingerprint density at radius 1 is 0.442 bits per heavy atom. The van der Waals surface area contributed by atoms with Crippen LogP contribution < -0.4 is 27.9 Å². The molecule has 43 heavy (non-hydrogen) atoms. The molecule has 1 aliphatic rings. The Kier molecular flexibility index (Phi) is 8.54. The Hall–Kier alpha value is -2.66. The summed E-state index contributed by atoms with van der Waals surface area (Å²) in [6.45, 7) is 22.4. The van der Waals surface area contributed by atoms with Gasteiger partial charge in [-0.3, -0.25) is 0 Å². The second-order valence-corrected chi connectivity index (χ2v) is 24.3. The van der Waals surface area contributed by atoms with Gasteiger partial charge in [0.05, 0.1) is 0 Å². The fourth-order valence-electron chi connectivity index (χ4n) is 8.43. The summed E-state index contributed by atoms with van der Waals surface area (Å²) in [5, 5.41) is 0. The van der Waals surface area contributed by atoms with Gasteiger partial charge in [-0.2, -0.15) is 0 Å². The Morgan fingerprint density at radius 2 is 0.698 bits per heavy atom. The number of benzene rings is 3. The van der Waals surface area contributed by atoms with Crippen molar-refractivity contribution < 1.29 is 0 Å². The fraction of sp³-hybridized carbons (Fsp3) is 0.487. The molecule has 0 saturated carbocycles. The average molecular weight is 641 g/mol. The molecule has 0 bridgehead atoms. The van der Waals surface area contributed by atoms with E-state index in [0.717, 1.165) is 0 Å². The maximum absolute atomic E-state index is 3.91. The molecule has 3 aromatic carbocycles. The second kappa shape index (κ2) is 11.1. The second-order valence-electron chi connectivity index (χ2n) is 16.2. The van der Waals surface area contributed by atoms with Crippen molar-refractivity contribution in [2.75, 3.05) is 57.0 Å². The molecular formula is C39H57GeN3. The van der Waals surface area contributed by atoms with Crippen LogP contribution in [-0.4, -0.2) is 55.6 Å². The van der Waals surface area contributed by atoms with E-state index in [2.05, 4.69) is 192 Å². The van der Waals surface area contributed by atoms with E-state index in [1.165, 1.54) is 30.2 Å². The Morgan fingerprint density at radius 3 is 0.907 bits per heavy atom. The van der Waals surface area contributed by atoms with Crippen molar-refractivity contribution in [2.24, 2.45) is 16.2 Å². The van der Waals surface area contributed by atoms with Gasteiger partial charge in [-0.15, -0.1) is 0 Å². The summed E-state index contributed by atoms with van der Waals surface area (Å²) in [5.74, 6) is 0. The summed E-state index contributed by atoms with van der Waals surface area (Å²) in [5.41, 5.74) is 7.34. The van der Waals surface area contributed by atoms with Crippen LogP contribution in [0.25, 0.3) is 0 Å². The molecule has 0 fully saturated rings. The van der Waals surface area contributed by atoms with Gasteiger partial charge in [0.15, 0.2) is 0 Å². The van der Waals surface area contributed by atoms with Crippen molar-refractivity contribution in [3.05, 3.63) is 83.9 Å². The van der Waals surface area contributed by atoms with Gasteiger partial charge in [-0.1, -0.05) is 0 Å². The first kappa shape index (κ1) is 33.2. The number of hydrogen-bond donors (Lipinski definition) is 0. The molecular weight excluding hydrogens is 583 g/mol. The minimum absolute atomic E-state index is 0.0135. The van der Waals surface area contributed by atoms with E-state index < -0.39 is 13.3 Å². The van der Waals surface area contributed by atoms with Gasteiger partial charge in [-0.25, -0.2) is 0 Å². The quantitative estimate of drug-likeness (QED) is 0.195. The van der Waals surface area contributed by atoms with Crippen LogP contribution in [0.15, 0.2) is 83.9 Å². The number of rotatable bonds is 7.